The fourth-order valence-electron chi connectivity index (χ4n) is 1.79. The maximum atomic E-state index is 13.7. The van der Waals surface area contributed by atoms with Gasteiger partial charge in [0.2, 0.25) is 0 Å². The van der Waals surface area contributed by atoms with Crippen molar-refractivity contribution in [2.75, 3.05) is 0 Å². The van der Waals surface area contributed by atoms with E-state index in [9.17, 15) is 14.4 Å². The van der Waals surface area contributed by atoms with E-state index in [1.54, 1.807) is 13.0 Å². The second-order valence-electron chi connectivity index (χ2n) is 4.78. The van der Waals surface area contributed by atoms with Crippen molar-refractivity contribution in [1.29, 1.82) is 0 Å². The monoisotopic (exact) mass is 210 g/mol. The minimum atomic E-state index is -1.63. The van der Waals surface area contributed by atoms with E-state index in [4.69, 9.17) is 0 Å². The lowest BCUT2D eigenvalue weighted by Crippen LogP contribution is -2.40. The highest BCUT2D eigenvalue weighted by Crippen LogP contribution is 2.24. The molecule has 0 bridgehead atoms. The third-order valence-electron chi connectivity index (χ3n) is 2.42. The van der Waals surface area contributed by atoms with Crippen LogP contribution in [0.25, 0.3) is 0 Å². The standard InChI is InChI=1S/C11H16BFO2/c1-7-5-6-8(13)9(11(2,3)4)10(7)12(14)15/h5-6,14-15H,1-4H3. The average Bonchev–Trinajstić information content (AvgIpc) is 2.05. The van der Waals surface area contributed by atoms with Crippen molar-refractivity contribution in [3.05, 3.63) is 29.1 Å². The lowest BCUT2D eigenvalue weighted by Gasteiger charge is -2.24. The molecule has 0 amide bonds. The number of benzene rings is 1. The molecule has 1 aromatic rings. The normalized spacial score (nSPS) is 11.7. The highest BCUT2D eigenvalue weighted by Gasteiger charge is 2.28. The van der Waals surface area contributed by atoms with E-state index in [1.165, 1.54) is 6.07 Å². The summed E-state index contributed by atoms with van der Waals surface area (Å²) >= 11 is 0. The van der Waals surface area contributed by atoms with Gasteiger partial charge in [0.05, 0.1) is 0 Å². The van der Waals surface area contributed by atoms with E-state index < -0.39 is 18.4 Å². The van der Waals surface area contributed by atoms with Crippen LogP contribution in [0.15, 0.2) is 12.1 Å². The second kappa shape index (κ2) is 3.95. The van der Waals surface area contributed by atoms with E-state index in [0.29, 0.717) is 11.1 Å². The molecule has 0 spiro atoms. The number of aryl methyl sites for hydroxylation is 1. The van der Waals surface area contributed by atoms with Gasteiger partial charge in [-0.1, -0.05) is 32.4 Å². The van der Waals surface area contributed by atoms with Crippen molar-refractivity contribution in [2.24, 2.45) is 0 Å². The van der Waals surface area contributed by atoms with Crippen molar-refractivity contribution in [3.63, 3.8) is 0 Å². The van der Waals surface area contributed by atoms with Gasteiger partial charge in [-0.25, -0.2) is 4.39 Å². The SMILES string of the molecule is Cc1ccc(F)c(C(C)(C)C)c1B(O)O. The van der Waals surface area contributed by atoms with Gasteiger partial charge >= 0.3 is 7.12 Å². The Bertz CT molecular complexity index is 370. The molecule has 0 saturated heterocycles. The highest BCUT2D eigenvalue weighted by atomic mass is 19.1. The maximum Gasteiger partial charge on any atom is 0.489 e. The van der Waals surface area contributed by atoms with E-state index >= 15 is 0 Å². The fraction of sp³-hybridized carbons (Fsp3) is 0.455. The first-order valence-electron chi connectivity index (χ1n) is 4.90. The average molecular weight is 210 g/mol. The van der Waals surface area contributed by atoms with Gasteiger partial charge in [-0.15, -0.1) is 0 Å². The summed E-state index contributed by atoms with van der Waals surface area (Å²) in [5.41, 5.74) is 0.895. The van der Waals surface area contributed by atoms with Gasteiger partial charge in [0.15, 0.2) is 0 Å². The Morgan fingerprint density at radius 3 is 2.07 bits per heavy atom. The first-order valence-corrected chi connectivity index (χ1v) is 4.90. The van der Waals surface area contributed by atoms with Crippen LogP contribution in [0.4, 0.5) is 4.39 Å². The van der Waals surface area contributed by atoms with Crippen LogP contribution < -0.4 is 5.46 Å². The fourth-order valence-corrected chi connectivity index (χ4v) is 1.79. The molecule has 0 aromatic heterocycles. The number of halogens is 1. The second-order valence-corrected chi connectivity index (χ2v) is 4.78. The van der Waals surface area contributed by atoms with Crippen LogP contribution in [0.3, 0.4) is 0 Å². The third-order valence-corrected chi connectivity index (χ3v) is 2.42. The number of rotatable bonds is 1. The third kappa shape index (κ3) is 2.38. The van der Waals surface area contributed by atoms with E-state index in [-0.39, 0.29) is 5.46 Å². The van der Waals surface area contributed by atoms with Gasteiger partial charge < -0.3 is 10.0 Å². The summed E-state index contributed by atoms with van der Waals surface area (Å²) in [7, 11) is -1.63. The summed E-state index contributed by atoms with van der Waals surface area (Å²) < 4.78 is 13.7. The Hall–Kier alpha value is -0.865. The van der Waals surface area contributed by atoms with E-state index in [1.807, 2.05) is 20.8 Å². The van der Waals surface area contributed by atoms with Gasteiger partial charge in [-0.2, -0.15) is 0 Å². The van der Waals surface area contributed by atoms with Crippen LogP contribution in [-0.4, -0.2) is 17.2 Å². The molecule has 0 fully saturated rings. The molecular weight excluding hydrogens is 194 g/mol. The van der Waals surface area contributed by atoms with Crippen LogP contribution >= 0.6 is 0 Å². The molecule has 0 atom stereocenters. The number of hydrogen-bond donors (Lipinski definition) is 2. The number of hydrogen-bond acceptors (Lipinski definition) is 2. The van der Waals surface area contributed by atoms with Gasteiger partial charge in [-0.3, -0.25) is 0 Å². The Morgan fingerprint density at radius 2 is 1.73 bits per heavy atom. The molecule has 0 aliphatic carbocycles. The Labute approximate surface area is 89.9 Å². The van der Waals surface area contributed by atoms with E-state index in [2.05, 4.69) is 0 Å². The van der Waals surface area contributed by atoms with Crippen molar-refractivity contribution < 1.29 is 14.4 Å². The predicted octanol–water partition coefficient (Wildman–Crippen LogP) is 1.11. The van der Waals surface area contributed by atoms with E-state index in [0.717, 1.165) is 0 Å². The molecule has 0 heterocycles. The van der Waals surface area contributed by atoms with Gasteiger partial charge in [0, 0.05) is 0 Å². The molecule has 0 unspecified atom stereocenters. The van der Waals surface area contributed by atoms with Crippen LogP contribution in [0.5, 0.6) is 0 Å². The first kappa shape index (κ1) is 12.2. The molecule has 0 radical (unpaired) electrons. The van der Waals surface area contributed by atoms with Crippen LogP contribution in [0.2, 0.25) is 0 Å². The molecule has 82 valence electrons. The summed E-state index contributed by atoms with van der Waals surface area (Å²) in [5.74, 6) is -0.392. The predicted molar refractivity (Wildman–Crippen MR) is 59.7 cm³/mol. The molecular formula is C11H16BFO2. The van der Waals surface area contributed by atoms with Crippen LogP contribution in [0, 0.1) is 12.7 Å². The largest absolute Gasteiger partial charge is 0.489 e. The molecule has 4 heteroatoms. The van der Waals surface area contributed by atoms with Gasteiger partial charge in [0.25, 0.3) is 0 Å². The lowest BCUT2D eigenvalue weighted by molar-refractivity contribution is 0.422. The summed E-state index contributed by atoms with van der Waals surface area (Å²) in [4.78, 5) is 0. The summed E-state index contributed by atoms with van der Waals surface area (Å²) in [6, 6.07) is 2.92. The summed E-state index contributed by atoms with van der Waals surface area (Å²) in [5, 5.41) is 18.5. The summed E-state index contributed by atoms with van der Waals surface area (Å²) in [6.07, 6.45) is 0. The van der Waals surface area contributed by atoms with Crippen molar-refractivity contribution in [2.45, 2.75) is 33.1 Å². The molecule has 0 saturated carbocycles. The maximum absolute atomic E-state index is 13.7. The minimum absolute atomic E-state index is 0.280. The molecule has 0 aliphatic rings. The molecule has 2 N–H and O–H groups in total. The smallest absolute Gasteiger partial charge is 0.423 e. The zero-order chi connectivity index (χ0) is 11.8. The minimum Gasteiger partial charge on any atom is -0.423 e. The molecule has 15 heavy (non-hydrogen) atoms. The van der Waals surface area contributed by atoms with Crippen molar-refractivity contribution in [3.8, 4) is 0 Å². The quantitative estimate of drug-likeness (QED) is 0.681. The molecule has 1 aromatic carbocycles. The first-order chi connectivity index (χ1) is 6.75. The molecule has 2 nitrogen and oxygen atoms in total. The topological polar surface area (TPSA) is 40.5 Å². The Balaban J connectivity index is 3.53. The summed E-state index contributed by atoms with van der Waals surface area (Å²) in [6.45, 7) is 7.27. The van der Waals surface area contributed by atoms with Crippen LogP contribution in [0.1, 0.15) is 31.9 Å². The lowest BCUT2D eigenvalue weighted by atomic mass is 9.68. The molecule has 1 rings (SSSR count). The van der Waals surface area contributed by atoms with Gasteiger partial charge in [-0.05, 0) is 29.4 Å². The zero-order valence-corrected chi connectivity index (χ0v) is 9.50. The Kier molecular flexibility index (Phi) is 3.21. The Morgan fingerprint density at radius 1 is 1.20 bits per heavy atom. The van der Waals surface area contributed by atoms with Crippen molar-refractivity contribution in [1.82, 2.24) is 0 Å². The van der Waals surface area contributed by atoms with Crippen molar-refractivity contribution >= 4 is 12.6 Å². The molecule has 0 aliphatic heterocycles. The van der Waals surface area contributed by atoms with Gasteiger partial charge in [0.1, 0.15) is 5.82 Å². The highest BCUT2D eigenvalue weighted by molar-refractivity contribution is 6.59. The van der Waals surface area contributed by atoms with Crippen LogP contribution in [-0.2, 0) is 5.41 Å². The zero-order valence-electron chi connectivity index (χ0n) is 9.50.